The summed E-state index contributed by atoms with van der Waals surface area (Å²) in [5, 5.41) is 9.80. The maximum atomic E-state index is 13.1. The van der Waals surface area contributed by atoms with Gasteiger partial charge in [-0.3, -0.25) is 0 Å². The number of rotatable bonds is 1. The molecule has 1 aromatic rings. The molecule has 4 nitrogen and oxygen atoms in total. The van der Waals surface area contributed by atoms with Crippen molar-refractivity contribution in [2.75, 3.05) is 7.11 Å². The first-order chi connectivity index (χ1) is 9.20. The average molecular weight is 353 g/mol. The van der Waals surface area contributed by atoms with E-state index in [1.807, 2.05) is 0 Å². The van der Waals surface area contributed by atoms with Crippen molar-refractivity contribution >= 4 is 28.0 Å². The van der Waals surface area contributed by atoms with Gasteiger partial charge in [0.05, 0.1) is 11.6 Å². The first kappa shape index (κ1) is 14.9. The number of hydrogen-bond donors (Lipinski definition) is 1. The highest BCUT2D eigenvalue weighted by atomic mass is 79.9. The second-order valence-corrected chi connectivity index (χ2v) is 4.81. The van der Waals surface area contributed by atoms with E-state index >= 15 is 0 Å². The topological polar surface area (TPSA) is 55.8 Å². The fourth-order valence-electron chi connectivity index (χ4n) is 1.72. The third kappa shape index (κ3) is 2.18. The van der Waals surface area contributed by atoms with Crippen molar-refractivity contribution in [2.45, 2.75) is 12.0 Å². The molecule has 1 aliphatic heterocycles. The molecule has 0 saturated heterocycles. The highest BCUT2D eigenvalue weighted by molar-refractivity contribution is 9.10. The Kier molecular flexibility index (Phi) is 3.55. The maximum Gasteiger partial charge on any atom is 0.460 e. The molecule has 1 aromatic carbocycles. The number of ether oxygens (including phenoxy) is 2. The molecule has 0 saturated carbocycles. The zero-order chi connectivity index (χ0) is 15.1. The Bertz CT molecular complexity index is 597. The van der Waals surface area contributed by atoms with Crippen LogP contribution in [0.4, 0.5) is 13.2 Å². The molecule has 108 valence electrons. The molecule has 1 N–H and O–H groups in total. The Hall–Kier alpha value is -1.54. The number of benzene rings is 1. The summed E-state index contributed by atoms with van der Waals surface area (Å²) in [6.45, 7) is 0. The van der Waals surface area contributed by atoms with Crippen LogP contribution >= 0.6 is 15.9 Å². The molecule has 0 fully saturated rings. The summed E-state index contributed by atoms with van der Waals surface area (Å²) >= 11 is 3.03. The van der Waals surface area contributed by atoms with E-state index in [4.69, 9.17) is 0 Å². The van der Waals surface area contributed by atoms with Crippen molar-refractivity contribution in [3.63, 3.8) is 0 Å². The number of hydrogen-bond acceptors (Lipinski definition) is 4. The van der Waals surface area contributed by atoms with Crippen molar-refractivity contribution in [2.24, 2.45) is 0 Å². The van der Waals surface area contributed by atoms with E-state index < -0.39 is 23.5 Å². The smallest absolute Gasteiger partial charge is 0.460 e. The third-order valence-electron chi connectivity index (χ3n) is 2.70. The highest BCUT2D eigenvalue weighted by Gasteiger charge is 2.63. The number of fused-ring (bicyclic) bond motifs is 1. The lowest BCUT2D eigenvalue weighted by Gasteiger charge is -2.35. The number of para-hydroxylation sites is 1. The van der Waals surface area contributed by atoms with E-state index in [1.54, 1.807) is 6.07 Å². The van der Waals surface area contributed by atoms with Crippen LogP contribution < -0.4 is 4.74 Å². The second kappa shape index (κ2) is 4.78. The van der Waals surface area contributed by atoms with Gasteiger partial charge in [-0.1, -0.05) is 12.1 Å². The normalized spacial score (nSPS) is 21.6. The van der Waals surface area contributed by atoms with E-state index in [2.05, 4.69) is 25.4 Å². The van der Waals surface area contributed by atoms with Crippen LogP contribution in [0.5, 0.6) is 5.75 Å². The predicted octanol–water partition coefficient (Wildman–Crippen LogP) is 2.65. The Morgan fingerprint density at radius 3 is 2.65 bits per heavy atom. The Morgan fingerprint density at radius 1 is 1.45 bits per heavy atom. The summed E-state index contributed by atoms with van der Waals surface area (Å²) in [6, 6.07) is 4.45. The van der Waals surface area contributed by atoms with Crippen molar-refractivity contribution in [1.29, 1.82) is 0 Å². The Labute approximate surface area is 119 Å². The molecular weight excluding hydrogens is 345 g/mol. The molecule has 8 heteroatoms. The summed E-state index contributed by atoms with van der Waals surface area (Å²) in [6.07, 6.45) is -4.32. The number of alkyl halides is 3. The van der Waals surface area contributed by atoms with Crippen LogP contribution in [0.1, 0.15) is 5.56 Å². The van der Waals surface area contributed by atoms with Crippen molar-refractivity contribution in [1.82, 2.24) is 0 Å². The highest BCUT2D eigenvalue weighted by Crippen LogP contribution is 2.46. The molecule has 1 unspecified atom stereocenters. The van der Waals surface area contributed by atoms with Crippen LogP contribution in [0.15, 0.2) is 28.2 Å². The van der Waals surface area contributed by atoms with E-state index in [0.717, 1.165) is 13.2 Å². The Morgan fingerprint density at radius 2 is 2.10 bits per heavy atom. The zero-order valence-corrected chi connectivity index (χ0v) is 11.6. The lowest BCUT2D eigenvalue weighted by atomic mass is 9.98. The van der Waals surface area contributed by atoms with Gasteiger partial charge in [0.25, 0.3) is 0 Å². The summed E-state index contributed by atoms with van der Waals surface area (Å²) < 4.78 is 48.3. The van der Waals surface area contributed by atoms with E-state index in [1.165, 1.54) is 12.1 Å². The molecule has 20 heavy (non-hydrogen) atoms. The molecule has 0 aromatic heterocycles. The van der Waals surface area contributed by atoms with Crippen molar-refractivity contribution < 1.29 is 32.5 Å². The molecule has 1 atom stereocenters. The lowest BCUT2D eigenvalue weighted by molar-refractivity contribution is -0.316. The second-order valence-electron chi connectivity index (χ2n) is 3.95. The first-order valence-corrected chi connectivity index (χ1v) is 6.07. The monoisotopic (exact) mass is 352 g/mol. The van der Waals surface area contributed by atoms with Crippen LogP contribution in [0.25, 0.3) is 6.08 Å². The summed E-state index contributed by atoms with van der Waals surface area (Å²) in [7, 11) is 0.913. The van der Waals surface area contributed by atoms with Gasteiger partial charge in [-0.05, 0) is 28.1 Å². The quantitative estimate of drug-likeness (QED) is 0.789. The van der Waals surface area contributed by atoms with Gasteiger partial charge >= 0.3 is 17.9 Å². The number of carbonyl (C=O) groups is 1. The van der Waals surface area contributed by atoms with Crippen LogP contribution in [0.2, 0.25) is 0 Å². The molecule has 0 radical (unpaired) electrons. The van der Waals surface area contributed by atoms with Gasteiger partial charge in [-0.15, -0.1) is 0 Å². The standard InChI is InChI=1S/C12H8BrF3O4/c1-19-10(17)7-5-6-3-2-4-8(13)9(6)20-11(7,18)12(14,15)16/h2-5,18H,1H3. The minimum atomic E-state index is -5.21. The molecule has 0 spiro atoms. The molecule has 2 rings (SSSR count). The van der Waals surface area contributed by atoms with Gasteiger partial charge in [0.15, 0.2) is 0 Å². The van der Waals surface area contributed by atoms with Gasteiger partial charge in [0.1, 0.15) is 11.3 Å². The number of esters is 1. The van der Waals surface area contributed by atoms with Gasteiger partial charge in [0, 0.05) is 5.56 Å². The van der Waals surface area contributed by atoms with E-state index in [9.17, 15) is 23.1 Å². The fourth-order valence-corrected chi connectivity index (χ4v) is 2.18. The maximum absolute atomic E-state index is 13.1. The molecular formula is C12H8BrF3O4. The summed E-state index contributed by atoms with van der Waals surface area (Å²) in [5.74, 6) is -5.29. The minimum absolute atomic E-state index is 0.208. The largest absolute Gasteiger partial charge is 0.465 e. The first-order valence-electron chi connectivity index (χ1n) is 5.28. The zero-order valence-electron chi connectivity index (χ0n) is 9.99. The van der Waals surface area contributed by atoms with Crippen molar-refractivity contribution in [3.8, 4) is 5.75 Å². The summed E-state index contributed by atoms with van der Waals surface area (Å²) in [4.78, 5) is 11.5. The fraction of sp³-hybridized carbons (Fsp3) is 0.250. The van der Waals surface area contributed by atoms with Gasteiger partial charge in [-0.25, -0.2) is 4.79 Å². The van der Waals surface area contributed by atoms with E-state index in [0.29, 0.717) is 0 Å². The summed E-state index contributed by atoms with van der Waals surface area (Å²) in [5.41, 5.74) is -0.813. The minimum Gasteiger partial charge on any atom is -0.465 e. The number of halogens is 4. The van der Waals surface area contributed by atoms with Crippen molar-refractivity contribution in [3.05, 3.63) is 33.8 Å². The van der Waals surface area contributed by atoms with E-state index in [-0.39, 0.29) is 15.8 Å². The van der Waals surface area contributed by atoms with Crippen LogP contribution in [0.3, 0.4) is 0 Å². The number of aliphatic hydroxyl groups is 1. The molecule has 1 heterocycles. The molecule has 0 aliphatic carbocycles. The van der Waals surface area contributed by atoms with Gasteiger partial charge in [-0.2, -0.15) is 13.2 Å². The predicted molar refractivity (Wildman–Crippen MR) is 65.8 cm³/mol. The lowest BCUT2D eigenvalue weighted by Crippen LogP contribution is -2.55. The molecule has 1 aliphatic rings. The van der Waals surface area contributed by atoms with Crippen LogP contribution in [-0.4, -0.2) is 30.1 Å². The third-order valence-corrected chi connectivity index (χ3v) is 3.33. The van der Waals surface area contributed by atoms with Crippen LogP contribution in [-0.2, 0) is 9.53 Å². The number of methoxy groups -OCH3 is 1. The molecule has 0 bridgehead atoms. The number of carbonyl (C=O) groups excluding carboxylic acids is 1. The average Bonchev–Trinajstić information content (AvgIpc) is 2.37. The van der Waals surface area contributed by atoms with Crippen LogP contribution in [0, 0.1) is 0 Å². The van der Waals surface area contributed by atoms with Gasteiger partial charge < -0.3 is 14.6 Å². The molecule has 0 amide bonds. The Balaban J connectivity index is 2.68. The SMILES string of the molecule is COC(=O)C1=Cc2cccc(Br)c2OC1(O)C(F)(F)F. The van der Waals surface area contributed by atoms with Gasteiger partial charge in [0.2, 0.25) is 0 Å².